The van der Waals surface area contributed by atoms with E-state index in [1.54, 1.807) is 18.3 Å². The fraction of sp³-hybridized carbons (Fsp3) is 0.375. The summed E-state index contributed by atoms with van der Waals surface area (Å²) in [4.78, 5) is 28.0. The van der Waals surface area contributed by atoms with E-state index in [0.717, 1.165) is 0 Å². The summed E-state index contributed by atoms with van der Waals surface area (Å²) in [6.45, 7) is 1.43. The second kappa shape index (κ2) is 8.89. The highest BCUT2D eigenvalue weighted by Gasteiger charge is 2.30. The molecule has 11 heteroatoms. The molecular weight excluding hydrogens is 387 g/mol. The van der Waals surface area contributed by atoms with Gasteiger partial charge in [0.05, 0.1) is 11.3 Å². The maximum Gasteiger partial charge on any atom is 0.405 e. The van der Waals surface area contributed by atoms with Gasteiger partial charge in [0.2, 0.25) is 0 Å². The number of nitrogens with one attached hydrogen (secondary N) is 1. The van der Waals surface area contributed by atoms with Gasteiger partial charge < -0.3 is 14.6 Å². The highest BCUT2D eigenvalue weighted by Crippen LogP contribution is 2.25. The minimum absolute atomic E-state index is 0.0955. The van der Waals surface area contributed by atoms with Gasteiger partial charge in [-0.3, -0.25) is 4.79 Å². The normalized spacial score (nSPS) is 12.5. The number of hydrogen-bond donors (Lipinski definition) is 1. The third-order valence-electron chi connectivity index (χ3n) is 3.14. The Morgan fingerprint density at radius 3 is 2.78 bits per heavy atom. The molecule has 0 unspecified atom stereocenters. The molecule has 1 atom stereocenters. The first kappa shape index (κ1) is 20.7. The van der Waals surface area contributed by atoms with Crippen LogP contribution in [0.4, 0.5) is 13.2 Å². The van der Waals surface area contributed by atoms with Crippen molar-refractivity contribution in [3.8, 4) is 0 Å². The van der Waals surface area contributed by atoms with E-state index in [9.17, 15) is 22.8 Å². The summed E-state index contributed by atoms with van der Waals surface area (Å²) in [5.41, 5.74) is 0.751. The summed E-state index contributed by atoms with van der Waals surface area (Å²) in [6, 6.07) is 4.70. The van der Waals surface area contributed by atoms with Crippen molar-refractivity contribution in [3.63, 3.8) is 0 Å². The van der Waals surface area contributed by atoms with Crippen LogP contribution in [-0.2, 0) is 15.3 Å². The average molecular weight is 403 g/mol. The number of amides is 1. The quantitative estimate of drug-likeness (QED) is 0.561. The number of alkyl halides is 3. The van der Waals surface area contributed by atoms with Crippen molar-refractivity contribution >= 4 is 23.6 Å². The largest absolute Gasteiger partial charge is 0.449 e. The standard InChI is InChI=1S/C16H16F3N3O4S/c1-9-6-11(22-26-9)7-27-14-12(4-3-5-20-14)15(24)25-10(2)13(23)21-8-16(17,18)19/h3-6,10H,7-8H2,1-2H3,(H,21,23)/t10-/m0/s1. The SMILES string of the molecule is Cc1cc(CSc2ncccc2C(=O)O[C@@H](C)C(=O)NCC(F)(F)F)no1. The topological polar surface area (TPSA) is 94.3 Å². The summed E-state index contributed by atoms with van der Waals surface area (Å²) in [5, 5.41) is 5.83. The minimum atomic E-state index is -4.55. The number of pyridine rings is 1. The number of esters is 1. The van der Waals surface area contributed by atoms with Gasteiger partial charge in [-0.2, -0.15) is 13.2 Å². The molecule has 2 heterocycles. The average Bonchev–Trinajstić information content (AvgIpc) is 3.02. The molecule has 0 aliphatic carbocycles. The number of thioether (sulfide) groups is 1. The van der Waals surface area contributed by atoms with Crippen LogP contribution >= 0.6 is 11.8 Å². The lowest BCUT2D eigenvalue weighted by Gasteiger charge is -2.15. The smallest absolute Gasteiger partial charge is 0.405 e. The van der Waals surface area contributed by atoms with E-state index < -0.39 is 30.7 Å². The summed E-state index contributed by atoms with van der Waals surface area (Å²) in [5.74, 6) is -0.880. The zero-order chi connectivity index (χ0) is 20.0. The first-order chi connectivity index (χ1) is 12.7. The van der Waals surface area contributed by atoms with Crippen molar-refractivity contribution in [2.45, 2.75) is 36.9 Å². The molecule has 2 aromatic rings. The molecular formula is C16H16F3N3O4S. The number of aryl methyl sites for hydroxylation is 1. The Morgan fingerprint density at radius 2 is 2.15 bits per heavy atom. The molecule has 0 radical (unpaired) electrons. The zero-order valence-electron chi connectivity index (χ0n) is 14.4. The van der Waals surface area contributed by atoms with Gasteiger partial charge in [0.25, 0.3) is 5.91 Å². The highest BCUT2D eigenvalue weighted by molar-refractivity contribution is 7.98. The number of rotatable bonds is 7. The Morgan fingerprint density at radius 1 is 1.41 bits per heavy atom. The fourth-order valence-corrected chi connectivity index (χ4v) is 2.76. The Hall–Kier alpha value is -2.56. The molecule has 1 amide bonds. The van der Waals surface area contributed by atoms with E-state index in [1.165, 1.54) is 37.0 Å². The predicted molar refractivity (Wildman–Crippen MR) is 89.0 cm³/mol. The van der Waals surface area contributed by atoms with Gasteiger partial charge in [0.15, 0.2) is 6.10 Å². The second-order valence-corrected chi connectivity index (χ2v) is 6.42. The maximum absolute atomic E-state index is 12.3. The molecule has 2 rings (SSSR count). The van der Waals surface area contributed by atoms with Crippen LogP contribution in [-0.4, -0.2) is 40.8 Å². The molecule has 0 aliphatic rings. The van der Waals surface area contributed by atoms with E-state index in [1.807, 2.05) is 0 Å². The van der Waals surface area contributed by atoms with Crippen LogP contribution in [0.2, 0.25) is 0 Å². The van der Waals surface area contributed by atoms with Gasteiger partial charge in [-0.25, -0.2) is 9.78 Å². The molecule has 0 saturated heterocycles. The first-order valence-electron chi connectivity index (χ1n) is 7.71. The van der Waals surface area contributed by atoms with Crippen molar-refractivity contribution in [2.24, 2.45) is 0 Å². The van der Waals surface area contributed by atoms with E-state index in [4.69, 9.17) is 9.26 Å². The Bertz CT molecular complexity index is 810. The third-order valence-corrected chi connectivity index (χ3v) is 4.18. The van der Waals surface area contributed by atoms with Crippen molar-refractivity contribution in [2.75, 3.05) is 6.54 Å². The molecule has 0 aliphatic heterocycles. The fourth-order valence-electron chi connectivity index (χ4n) is 1.90. The predicted octanol–water partition coefficient (Wildman–Crippen LogP) is 2.89. The number of ether oxygens (including phenoxy) is 1. The lowest BCUT2D eigenvalue weighted by molar-refractivity contribution is -0.143. The summed E-state index contributed by atoms with van der Waals surface area (Å²) >= 11 is 1.21. The van der Waals surface area contributed by atoms with Crippen LogP contribution < -0.4 is 5.32 Å². The van der Waals surface area contributed by atoms with E-state index in [-0.39, 0.29) is 5.56 Å². The molecule has 2 aromatic heterocycles. The van der Waals surface area contributed by atoms with Gasteiger partial charge >= 0.3 is 12.1 Å². The number of aromatic nitrogens is 2. The molecule has 0 aromatic carbocycles. The zero-order valence-corrected chi connectivity index (χ0v) is 15.2. The number of nitrogens with zero attached hydrogens (tertiary/aromatic N) is 2. The van der Waals surface area contributed by atoms with Gasteiger partial charge in [0.1, 0.15) is 17.3 Å². The molecule has 146 valence electrons. The Balaban J connectivity index is 1.98. The van der Waals surface area contributed by atoms with Crippen LogP contribution in [0, 0.1) is 6.92 Å². The number of halogens is 3. The van der Waals surface area contributed by atoms with E-state index >= 15 is 0 Å². The summed E-state index contributed by atoms with van der Waals surface area (Å²) in [7, 11) is 0. The molecule has 0 saturated carbocycles. The molecule has 27 heavy (non-hydrogen) atoms. The van der Waals surface area contributed by atoms with Crippen LogP contribution in [0.25, 0.3) is 0 Å². The Labute approximate surface area is 156 Å². The molecule has 0 bridgehead atoms. The number of carbonyl (C=O) groups is 2. The Kier molecular flexibility index (Phi) is 6.83. The third kappa shape index (κ3) is 6.59. The van der Waals surface area contributed by atoms with Crippen molar-refractivity contribution < 1.29 is 32.0 Å². The molecule has 0 fully saturated rings. The van der Waals surface area contributed by atoms with Crippen molar-refractivity contribution in [1.82, 2.24) is 15.5 Å². The molecule has 0 spiro atoms. The van der Waals surface area contributed by atoms with Gasteiger partial charge in [0, 0.05) is 18.0 Å². The number of hydrogen-bond acceptors (Lipinski definition) is 7. The van der Waals surface area contributed by atoms with Crippen LogP contribution in [0.5, 0.6) is 0 Å². The number of carbonyl (C=O) groups excluding carboxylic acids is 2. The lowest BCUT2D eigenvalue weighted by atomic mass is 10.3. The van der Waals surface area contributed by atoms with Crippen LogP contribution in [0.1, 0.15) is 28.7 Å². The van der Waals surface area contributed by atoms with Gasteiger partial charge in [-0.15, -0.1) is 0 Å². The maximum atomic E-state index is 12.3. The minimum Gasteiger partial charge on any atom is -0.449 e. The van der Waals surface area contributed by atoms with Crippen LogP contribution in [0.3, 0.4) is 0 Å². The first-order valence-corrected chi connectivity index (χ1v) is 8.69. The highest BCUT2D eigenvalue weighted by atomic mass is 32.2. The summed E-state index contributed by atoms with van der Waals surface area (Å²) in [6.07, 6.45) is -4.46. The monoisotopic (exact) mass is 403 g/mol. The van der Waals surface area contributed by atoms with Gasteiger partial charge in [-0.1, -0.05) is 16.9 Å². The lowest BCUT2D eigenvalue weighted by Crippen LogP contribution is -2.40. The van der Waals surface area contributed by atoms with Crippen molar-refractivity contribution in [1.29, 1.82) is 0 Å². The summed E-state index contributed by atoms with van der Waals surface area (Å²) < 4.78 is 46.3. The molecule has 7 nitrogen and oxygen atoms in total. The molecule has 1 N–H and O–H groups in total. The van der Waals surface area contributed by atoms with Gasteiger partial charge in [-0.05, 0) is 26.0 Å². The van der Waals surface area contributed by atoms with Crippen LogP contribution in [0.15, 0.2) is 33.9 Å². The van der Waals surface area contributed by atoms with E-state index in [2.05, 4.69) is 10.1 Å². The van der Waals surface area contributed by atoms with E-state index in [0.29, 0.717) is 22.2 Å². The second-order valence-electron chi connectivity index (χ2n) is 5.45. The van der Waals surface area contributed by atoms with Crippen molar-refractivity contribution in [3.05, 3.63) is 41.4 Å².